The molecule has 0 fully saturated rings. The summed E-state index contributed by atoms with van der Waals surface area (Å²) in [5, 5.41) is 3.83. The van der Waals surface area contributed by atoms with Gasteiger partial charge in [0.15, 0.2) is 0 Å². The molecule has 1 aromatic carbocycles. The Morgan fingerprint density at radius 1 is 1.35 bits per heavy atom. The van der Waals surface area contributed by atoms with E-state index in [0.717, 1.165) is 29.0 Å². The maximum Gasteiger partial charge on any atom is 0.261 e. The summed E-state index contributed by atoms with van der Waals surface area (Å²) in [5.74, 6) is 0.208. The molecule has 2 heterocycles. The van der Waals surface area contributed by atoms with Gasteiger partial charge in [0.05, 0.1) is 24.1 Å². The van der Waals surface area contributed by atoms with Crippen LogP contribution < -0.4 is 5.32 Å². The molecule has 3 nitrogen and oxygen atoms in total. The van der Waals surface area contributed by atoms with Crippen LogP contribution in [-0.2, 0) is 17.8 Å². The molecule has 5 heteroatoms. The maximum absolute atomic E-state index is 12.7. The molecule has 1 aliphatic heterocycles. The number of benzene rings is 1. The van der Waals surface area contributed by atoms with Crippen molar-refractivity contribution in [1.29, 1.82) is 0 Å². The van der Waals surface area contributed by atoms with Crippen molar-refractivity contribution in [3.05, 3.63) is 56.2 Å². The van der Waals surface area contributed by atoms with E-state index in [-0.39, 0.29) is 17.9 Å². The average molecular weight is 350 g/mol. The van der Waals surface area contributed by atoms with E-state index in [2.05, 4.69) is 19.2 Å². The number of amides is 1. The molecule has 0 aliphatic carbocycles. The fourth-order valence-corrected chi connectivity index (χ4v) is 4.11. The highest BCUT2D eigenvalue weighted by Gasteiger charge is 2.23. The first kappa shape index (κ1) is 16.5. The first-order valence-electron chi connectivity index (χ1n) is 7.81. The second-order valence-corrected chi connectivity index (χ2v) is 7.62. The molecular formula is C18H20ClNO2S. The van der Waals surface area contributed by atoms with E-state index in [1.54, 1.807) is 11.3 Å². The first-order valence-corrected chi connectivity index (χ1v) is 9.00. The number of thiophene rings is 1. The number of carbonyl (C=O) groups is 1. The van der Waals surface area contributed by atoms with E-state index in [1.807, 2.05) is 30.3 Å². The van der Waals surface area contributed by atoms with Crippen LogP contribution in [0.1, 0.15) is 45.6 Å². The van der Waals surface area contributed by atoms with Crippen molar-refractivity contribution in [1.82, 2.24) is 5.32 Å². The third-order valence-corrected chi connectivity index (χ3v) is 5.63. The van der Waals surface area contributed by atoms with Crippen molar-refractivity contribution in [2.24, 2.45) is 5.92 Å². The van der Waals surface area contributed by atoms with Gasteiger partial charge in [0.25, 0.3) is 5.91 Å². The summed E-state index contributed by atoms with van der Waals surface area (Å²) in [6.07, 6.45) is 0.894. The molecule has 1 aromatic heterocycles. The van der Waals surface area contributed by atoms with Crippen LogP contribution in [0.3, 0.4) is 0 Å². The predicted molar refractivity (Wildman–Crippen MR) is 94.2 cm³/mol. The Morgan fingerprint density at radius 2 is 2.13 bits per heavy atom. The zero-order valence-corrected chi connectivity index (χ0v) is 14.8. The topological polar surface area (TPSA) is 38.3 Å². The van der Waals surface area contributed by atoms with Crippen LogP contribution in [0.2, 0.25) is 5.02 Å². The molecule has 1 N–H and O–H groups in total. The van der Waals surface area contributed by atoms with E-state index in [1.165, 1.54) is 4.88 Å². The molecule has 0 spiro atoms. The van der Waals surface area contributed by atoms with Gasteiger partial charge in [-0.1, -0.05) is 43.6 Å². The summed E-state index contributed by atoms with van der Waals surface area (Å²) in [6.45, 7) is 5.52. The normalized spacial score (nSPS) is 15.3. The molecule has 0 saturated carbocycles. The lowest BCUT2D eigenvalue weighted by atomic mass is 9.96. The summed E-state index contributed by atoms with van der Waals surface area (Å²) in [4.78, 5) is 14.7. The zero-order valence-electron chi connectivity index (χ0n) is 13.3. The third kappa shape index (κ3) is 3.60. The molecule has 23 heavy (non-hydrogen) atoms. The lowest BCUT2D eigenvalue weighted by Gasteiger charge is -2.23. The number of carbonyl (C=O) groups excluding carboxylic acids is 1. The number of rotatable bonds is 4. The van der Waals surface area contributed by atoms with Gasteiger partial charge in [-0.25, -0.2) is 0 Å². The molecule has 1 unspecified atom stereocenters. The fourth-order valence-electron chi connectivity index (χ4n) is 2.80. The summed E-state index contributed by atoms with van der Waals surface area (Å²) in [7, 11) is 0. The maximum atomic E-state index is 12.7. The van der Waals surface area contributed by atoms with Gasteiger partial charge in [-0.15, -0.1) is 11.3 Å². The average Bonchev–Trinajstić information content (AvgIpc) is 2.97. The number of hydrogen-bond acceptors (Lipinski definition) is 3. The molecule has 0 saturated heterocycles. The van der Waals surface area contributed by atoms with E-state index in [0.29, 0.717) is 11.6 Å². The highest BCUT2D eigenvalue weighted by Crippen LogP contribution is 2.30. The Hall–Kier alpha value is -1.36. The molecule has 1 amide bonds. The minimum atomic E-state index is -0.105. The monoisotopic (exact) mass is 349 g/mol. The molecule has 3 rings (SSSR count). The highest BCUT2D eigenvalue weighted by atomic mass is 35.5. The summed E-state index contributed by atoms with van der Waals surface area (Å²) < 4.78 is 5.45. The molecule has 0 bridgehead atoms. The van der Waals surface area contributed by atoms with Crippen LogP contribution in [0.5, 0.6) is 0 Å². The van der Waals surface area contributed by atoms with Crippen molar-refractivity contribution >= 4 is 28.8 Å². The van der Waals surface area contributed by atoms with Gasteiger partial charge in [0.1, 0.15) is 0 Å². The summed E-state index contributed by atoms with van der Waals surface area (Å²) in [5.41, 5.74) is 2.10. The van der Waals surface area contributed by atoms with Crippen molar-refractivity contribution in [3.63, 3.8) is 0 Å². The predicted octanol–water partition coefficient (Wildman–Crippen LogP) is 4.60. The number of fused-ring (bicyclic) bond motifs is 1. The van der Waals surface area contributed by atoms with Crippen molar-refractivity contribution in [2.45, 2.75) is 32.9 Å². The number of ether oxygens (including phenoxy) is 1. The molecule has 122 valence electrons. The molecule has 0 radical (unpaired) electrons. The van der Waals surface area contributed by atoms with Crippen LogP contribution in [0.15, 0.2) is 30.3 Å². The van der Waals surface area contributed by atoms with Crippen molar-refractivity contribution in [3.8, 4) is 0 Å². The minimum absolute atomic E-state index is 0.0389. The number of nitrogens with one attached hydrogen (secondary N) is 1. The van der Waals surface area contributed by atoms with Gasteiger partial charge in [-0.05, 0) is 29.2 Å². The van der Waals surface area contributed by atoms with Gasteiger partial charge in [0.2, 0.25) is 0 Å². The van der Waals surface area contributed by atoms with Crippen LogP contribution in [0, 0.1) is 5.92 Å². The summed E-state index contributed by atoms with van der Waals surface area (Å²) >= 11 is 7.88. The van der Waals surface area contributed by atoms with Crippen molar-refractivity contribution < 1.29 is 9.53 Å². The Balaban J connectivity index is 1.82. The Bertz CT molecular complexity index is 687. The zero-order chi connectivity index (χ0) is 16.4. The van der Waals surface area contributed by atoms with E-state index >= 15 is 0 Å². The highest BCUT2D eigenvalue weighted by molar-refractivity contribution is 7.14. The number of halogens is 1. The van der Waals surface area contributed by atoms with E-state index in [4.69, 9.17) is 16.3 Å². The van der Waals surface area contributed by atoms with Crippen LogP contribution in [0.25, 0.3) is 0 Å². The van der Waals surface area contributed by atoms with Gasteiger partial charge in [0, 0.05) is 16.3 Å². The standard InChI is InChI=1S/C18H20ClNO2S/c1-11(2)17(13-5-3-4-6-14(13)19)20-18(21)16-9-12-10-22-8-7-15(12)23-16/h3-6,9,11,17H,7-8,10H2,1-2H3,(H,20,21). The fraction of sp³-hybridized carbons (Fsp3) is 0.389. The smallest absolute Gasteiger partial charge is 0.261 e. The third-order valence-electron chi connectivity index (χ3n) is 4.05. The van der Waals surface area contributed by atoms with Gasteiger partial charge in [-0.2, -0.15) is 0 Å². The Morgan fingerprint density at radius 3 is 2.83 bits per heavy atom. The van der Waals surface area contributed by atoms with E-state index in [9.17, 15) is 4.79 Å². The second-order valence-electron chi connectivity index (χ2n) is 6.08. The molecular weight excluding hydrogens is 330 g/mol. The van der Waals surface area contributed by atoms with Crippen LogP contribution >= 0.6 is 22.9 Å². The van der Waals surface area contributed by atoms with Crippen LogP contribution in [0.4, 0.5) is 0 Å². The lowest BCUT2D eigenvalue weighted by molar-refractivity contribution is 0.0929. The van der Waals surface area contributed by atoms with Crippen LogP contribution in [-0.4, -0.2) is 12.5 Å². The molecule has 1 atom stereocenters. The quantitative estimate of drug-likeness (QED) is 0.875. The SMILES string of the molecule is CC(C)C(NC(=O)c1cc2c(s1)CCOC2)c1ccccc1Cl. The lowest BCUT2D eigenvalue weighted by Crippen LogP contribution is -2.31. The Kier molecular flexibility index (Phi) is 5.05. The van der Waals surface area contributed by atoms with E-state index < -0.39 is 0 Å². The van der Waals surface area contributed by atoms with Gasteiger partial charge in [-0.3, -0.25) is 4.79 Å². The molecule has 2 aromatic rings. The van der Waals surface area contributed by atoms with Crippen molar-refractivity contribution in [2.75, 3.05) is 6.61 Å². The minimum Gasteiger partial charge on any atom is -0.376 e. The second kappa shape index (κ2) is 7.04. The van der Waals surface area contributed by atoms with Gasteiger partial charge >= 0.3 is 0 Å². The largest absolute Gasteiger partial charge is 0.376 e. The molecule has 1 aliphatic rings. The number of hydrogen-bond donors (Lipinski definition) is 1. The van der Waals surface area contributed by atoms with Gasteiger partial charge < -0.3 is 10.1 Å². The summed E-state index contributed by atoms with van der Waals surface area (Å²) in [6, 6.07) is 9.53. The first-order chi connectivity index (χ1) is 11.1. The Labute approximate surface area is 145 Å².